The summed E-state index contributed by atoms with van der Waals surface area (Å²) in [4.78, 5) is 18.7. The zero-order valence-electron chi connectivity index (χ0n) is 22.3. The number of nitrogens with zero attached hydrogens (tertiary/aromatic N) is 5. The van der Waals surface area contributed by atoms with Crippen molar-refractivity contribution in [2.24, 2.45) is 0 Å². The van der Waals surface area contributed by atoms with Crippen LogP contribution in [0.3, 0.4) is 0 Å². The van der Waals surface area contributed by atoms with E-state index in [4.69, 9.17) is 9.47 Å². The van der Waals surface area contributed by atoms with E-state index in [1.54, 1.807) is 0 Å². The number of aromatic nitrogens is 5. The van der Waals surface area contributed by atoms with Crippen molar-refractivity contribution < 1.29 is 9.47 Å². The Labute approximate surface area is 216 Å². The van der Waals surface area contributed by atoms with Crippen LogP contribution < -0.4 is 15.0 Å². The van der Waals surface area contributed by atoms with Crippen molar-refractivity contribution in [2.45, 2.75) is 72.6 Å². The van der Waals surface area contributed by atoms with Gasteiger partial charge in [0.05, 0.1) is 17.1 Å². The Morgan fingerprint density at radius 2 is 1.86 bits per heavy atom. The summed E-state index contributed by atoms with van der Waals surface area (Å²) >= 11 is 0. The fraction of sp³-hybridized carbons (Fsp3) is 0.429. The number of fused-ring (bicyclic) bond motifs is 2. The van der Waals surface area contributed by atoms with E-state index in [-0.39, 0.29) is 23.9 Å². The van der Waals surface area contributed by atoms with Gasteiger partial charge in [-0.15, -0.1) is 5.10 Å². The zero-order valence-corrected chi connectivity index (χ0v) is 22.3. The van der Waals surface area contributed by atoms with Gasteiger partial charge < -0.3 is 14.5 Å². The lowest BCUT2D eigenvalue weighted by molar-refractivity contribution is 0.153. The maximum absolute atomic E-state index is 13.3. The number of hydrogen-bond donors (Lipinski definition) is 1. The van der Waals surface area contributed by atoms with Gasteiger partial charge in [-0.3, -0.25) is 9.69 Å². The second kappa shape index (κ2) is 9.63. The fourth-order valence-corrected chi connectivity index (χ4v) is 5.10. The summed E-state index contributed by atoms with van der Waals surface area (Å²) < 4.78 is 13.0. The highest BCUT2D eigenvalue weighted by Gasteiger charge is 2.30. The van der Waals surface area contributed by atoms with Gasteiger partial charge in [0.15, 0.2) is 17.3 Å². The fourth-order valence-electron chi connectivity index (χ4n) is 5.10. The molecule has 0 amide bonds. The Bertz CT molecular complexity index is 1500. The first-order valence-electron chi connectivity index (χ1n) is 12.7. The monoisotopic (exact) mass is 502 g/mol. The second-order valence-electron chi connectivity index (χ2n) is 10.8. The summed E-state index contributed by atoms with van der Waals surface area (Å²) in [6.07, 6.45) is 0.769. The van der Waals surface area contributed by atoms with Crippen molar-refractivity contribution in [1.29, 1.82) is 0 Å². The van der Waals surface area contributed by atoms with Crippen LogP contribution in [0.2, 0.25) is 0 Å². The molecule has 1 aliphatic rings. The standard InChI is InChI=1S/C28H34N6O3/c1-7-22(26-30-31-32-34(26)28(4,5)6)33(14-19-8-9-23-24(12-19)37-16-36-23)15-21-13-20-11-17(2)10-18(3)25(20)29-27(21)35/h8-13,22H,7,14-16H2,1-6H3,(H,29,35). The smallest absolute Gasteiger partial charge is 0.252 e. The minimum atomic E-state index is -0.286. The number of rotatable bonds is 7. The first kappa shape index (κ1) is 25.0. The molecular weight excluding hydrogens is 468 g/mol. The number of tetrazole rings is 1. The summed E-state index contributed by atoms with van der Waals surface area (Å²) in [6.45, 7) is 13.7. The van der Waals surface area contributed by atoms with Crippen molar-refractivity contribution in [3.05, 3.63) is 74.8 Å². The molecule has 0 bridgehead atoms. The summed E-state index contributed by atoms with van der Waals surface area (Å²) in [5.41, 5.74) is 4.49. The Morgan fingerprint density at radius 1 is 1.08 bits per heavy atom. The number of pyridine rings is 1. The van der Waals surface area contributed by atoms with Crippen LogP contribution in [0, 0.1) is 13.8 Å². The van der Waals surface area contributed by atoms with Crippen LogP contribution in [-0.2, 0) is 18.6 Å². The predicted octanol–water partition coefficient (Wildman–Crippen LogP) is 4.77. The number of nitrogens with one attached hydrogen (secondary N) is 1. The Morgan fingerprint density at radius 3 is 2.62 bits per heavy atom. The van der Waals surface area contributed by atoms with Crippen LogP contribution in [0.1, 0.15) is 68.2 Å². The largest absolute Gasteiger partial charge is 0.454 e. The summed E-state index contributed by atoms with van der Waals surface area (Å²) in [6, 6.07) is 12.1. The predicted molar refractivity (Wildman–Crippen MR) is 142 cm³/mol. The molecule has 1 aliphatic heterocycles. The number of hydrogen-bond acceptors (Lipinski definition) is 7. The van der Waals surface area contributed by atoms with Crippen molar-refractivity contribution in [2.75, 3.05) is 6.79 Å². The number of aryl methyl sites for hydroxylation is 2. The lowest BCUT2D eigenvalue weighted by Crippen LogP contribution is -2.35. The number of aromatic amines is 1. The molecule has 5 rings (SSSR count). The molecule has 1 N–H and O–H groups in total. The van der Waals surface area contributed by atoms with Crippen LogP contribution >= 0.6 is 0 Å². The Hall–Kier alpha value is -3.72. The summed E-state index contributed by atoms with van der Waals surface area (Å²) in [5, 5.41) is 13.8. The number of H-pyrrole nitrogens is 1. The van der Waals surface area contributed by atoms with Crippen LogP contribution in [0.15, 0.2) is 41.2 Å². The van der Waals surface area contributed by atoms with Crippen LogP contribution in [0.5, 0.6) is 11.5 Å². The van der Waals surface area contributed by atoms with Gasteiger partial charge in [0.25, 0.3) is 5.56 Å². The van der Waals surface area contributed by atoms with Crippen molar-refractivity contribution in [3.63, 3.8) is 0 Å². The molecule has 9 heteroatoms. The lowest BCUT2D eigenvalue weighted by atomic mass is 10.0. The van der Waals surface area contributed by atoms with E-state index < -0.39 is 0 Å². The maximum atomic E-state index is 13.3. The van der Waals surface area contributed by atoms with Gasteiger partial charge >= 0.3 is 0 Å². The number of benzene rings is 2. The van der Waals surface area contributed by atoms with Crippen molar-refractivity contribution in [3.8, 4) is 11.5 Å². The van der Waals surface area contributed by atoms with Gasteiger partial charge in [0, 0.05) is 18.7 Å². The first-order valence-corrected chi connectivity index (χ1v) is 12.7. The maximum Gasteiger partial charge on any atom is 0.252 e. The molecular formula is C28H34N6O3. The molecule has 0 fully saturated rings. The molecule has 0 spiro atoms. The third-order valence-corrected chi connectivity index (χ3v) is 6.82. The van der Waals surface area contributed by atoms with Crippen LogP contribution in [-0.4, -0.2) is 36.9 Å². The molecule has 9 nitrogen and oxygen atoms in total. The molecule has 1 unspecified atom stereocenters. The summed E-state index contributed by atoms with van der Waals surface area (Å²) in [7, 11) is 0. The van der Waals surface area contributed by atoms with E-state index in [0.29, 0.717) is 18.7 Å². The zero-order chi connectivity index (χ0) is 26.3. The van der Waals surface area contributed by atoms with Gasteiger partial charge in [0.1, 0.15) is 0 Å². The van der Waals surface area contributed by atoms with Crippen molar-refractivity contribution in [1.82, 2.24) is 30.1 Å². The van der Waals surface area contributed by atoms with E-state index in [9.17, 15) is 4.79 Å². The minimum absolute atomic E-state index is 0.0830. The van der Waals surface area contributed by atoms with Gasteiger partial charge in [-0.2, -0.15) is 0 Å². The quantitative estimate of drug-likeness (QED) is 0.389. The molecule has 0 aliphatic carbocycles. The van der Waals surface area contributed by atoms with E-state index in [0.717, 1.165) is 51.3 Å². The third kappa shape index (κ3) is 4.96. The van der Waals surface area contributed by atoms with Crippen LogP contribution in [0.4, 0.5) is 0 Å². The highest BCUT2D eigenvalue weighted by atomic mass is 16.7. The molecule has 194 valence electrons. The molecule has 3 heterocycles. The van der Waals surface area contributed by atoms with E-state index >= 15 is 0 Å². The summed E-state index contributed by atoms with van der Waals surface area (Å²) in [5.74, 6) is 2.26. The SMILES string of the molecule is CCC(c1nnnn1C(C)(C)C)N(Cc1ccc2c(c1)OCO2)Cc1cc2cc(C)cc(C)c2[nH]c1=O. The topological polar surface area (TPSA) is 98.2 Å². The molecule has 37 heavy (non-hydrogen) atoms. The van der Waals surface area contributed by atoms with Gasteiger partial charge in [-0.05, 0) is 92.2 Å². The van der Waals surface area contributed by atoms with Gasteiger partial charge in [-0.25, -0.2) is 4.68 Å². The molecule has 0 radical (unpaired) electrons. The Balaban J connectivity index is 1.57. The first-order chi connectivity index (χ1) is 17.6. The normalized spacial score (nSPS) is 14.0. The molecule has 0 saturated carbocycles. The van der Waals surface area contributed by atoms with E-state index in [1.807, 2.05) is 35.9 Å². The van der Waals surface area contributed by atoms with Crippen LogP contribution in [0.25, 0.3) is 10.9 Å². The Kier molecular flexibility index (Phi) is 6.49. The number of ether oxygens (including phenoxy) is 2. The van der Waals surface area contributed by atoms with Gasteiger partial charge in [0.2, 0.25) is 6.79 Å². The molecule has 0 saturated heterocycles. The van der Waals surface area contributed by atoms with Gasteiger partial charge in [-0.1, -0.05) is 24.6 Å². The minimum Gasteiger partial charge on any atom is -0.454 e. The molecule has 2 aromatic carbocycles. The highest BCUT2D eigenvalue weighted by molar-refractivity contribution is 5.82. The average Bonchev–Trinajstić information content (AvgIpc) is 3.50. The van der Waals surface area contributed by atoms with E-state index in [1.165, 1.54) is 0 Å². The molecule has 1 atom stereocenters. The molecule has 2 aromatic heterocycles. The second-order valence-corrected chi connectivity index (χ2v) is 10.8. The average molecular weight is 503 g/mol. The van der Waals surface area contributed by atoms with Crippen molar-refractivity contribution >= 4 is 10.9 Å². The van der Waals surface area contributed by atoms with E-state index in [2.05, 4.69) is 72.2 Å². The lowest BCUT2D eigenvalue weighted by Gasteiger charge is -2.32. The molecule has 4 aromatic rings. The third-order valence-electron chi connectivity index (χ3n) is 6.82. The highest BCUT2D eigenvalue weighted by Crippen LogP contribution is 2.35.